The van der Waals surface area contributed by atoms with Crippen LogP contribution in [0.5, 0.6) is 5.75 Å². The molecule has 0 saturated carbocycles. The van der Waals surface area contributed by atoms with E-state index in [1.807, 2.05) is 19.1 Å². The molecule has 0 fully saturated rings. The minimum absolute atomic E-state index is 0.205. The highest BCUT2D eigenvalue weighted by Gasteiger charge is 2.08. The van der Waals surface area contributed by atoms with E-state index in [1.54, 1.807) is 26.2 Å². The summed E-state index contributed by atoms with van der Waals surface area (Å²) in [5.41, 5.74) is 2.03. The first-order chi connectivity index (χ1) is 7.58. The Morgan fingerprint density at radius 1 is 1.56 bits per heavy atom. The summed E-state index contributed by atoms with van der Waals surface area (Å²) in [4.78, 5) is 10.4. The van der Waals surface area contributed by atoms with Crippen LogP contribution >= 0.6 is 0 Å². The molecule has 0 saturated heterocycles. The van der Waals surface area contributed by atoms with Crippen molar-refractivity contribution in [1.82, 2.24) is 0 Å². The van der Waals surface area contributed by atoms with E-state index in [-0.39, 0.29) is 10.6 Å². The fourth-order valence-electron chi connectivity index (χ4n) is 1.36. The van der Waals surface area contributed by atoms with Gasteiger partial charge in [-0.3, -0.25) is 10.1 Å². The van der Waals surface area contributed by atoms with Crippen LogP contribution in [-0.4, -0.2) is 12.0 Å². The van der Waals surface area contributed by atoms with E-state index in [0.29, 0.717) is 12.2 Å². The first-order valence-electron chi connectivity index (χ1n) is 5.08. The van der Waals surface area contributed by atoms with Crippen molar-refractivity contribution >= 4 is 6.08 Å². The van der Waals surface area contributed by atoms with Crippen molar-refractivity contribution in [3.05, 3.63) is 45.1 Å². The summed E-state index contributed by atoms with van der Waals surface area (Å²) in [6.07, 6.45) is 2.00. The third kappa shape index (κ3) is 2.82. The molecule has 16 heavy (non-hydrogen) atoms. The summed E-state index contributed by atoms with van der Waals surface area (Å²) in [5.74, 6) is 0.704. The molecule has 0 aliphatic heterocycles. The molecule has 0 aromatic heterocycles. The molecule has 1 aromatic carbocycles. The van der Waals surface area contributed by atoms with Crippen LogP contribution in [0.1, 0.15) is 24.5 Å². The molecular weight excluding hydrogens is 206 g/mol. The highest BCUT2D eigenvalue weighted by molar-refractivity contribution is 5.57. The van der Waals surface area contributed by atoms with Gasteiger partial charge in [-0.05, 0) is 30.2 Å². The van der Waals surface area contributed by atoms with Crippen LogP contribution in [-0.2, 0) is 0 Å². The molecule has 0 radical (unpaired) electrons. The van der Waals surface area contributed by atoms with Crippen LogP contribution < -0.4 is 4.74 Å². The summed E-state index contributed by atoms with van der Waals surface area (Å²) >= 11 is 0. The molecule has 4 nitrogen and oxygen atoms in total. The fraction of sp³-hybridized carbons (Fsp3) is 0.333. The highest BCUT2D eigenvalue weighted by Crippen LogP contribution is 2.20. The lowest BCUT2D eigenvalue weighted by atomic mass is 10.1. The quantitative estimate of drug-likeness (QED) is 0.580. The van der Waals surface area contributed by atoms with Crippen LogP contribution in [0, 0.1) is 17.0 Å². The van der Waals surface area contributed by atoms with Gasteiger partial charge in [0.05, 0.1) is 12.0 Å². The third-order valence-electron chi connectivity index (χ3n) is 2.41. The molecule has 0 aliphatic rings. The predicted molar refractivity (Wildman–Crippen MR) is 63.0 cm³/mol. The van der Waals surface area contributed by atoms with E-state index in [9.17, 15) is 10.1 Å². The SMILES string of the molecule is CC/C(=C\c1cc(OC)ccc1C)[N+](=O)[O-]. The molecule has 86 valence electrons. The number of rotatable bonds is 4. The first kappa shape index (κ1) is 12.2. The normalized spacial score (nSPS) is 11.3. The van der Waals surface area contributed by atoms with Crippen molar-refractivity contribution in [2.45, 2.75) is 20.3 Å². The van der Waals surface area contributed by atoms with Crippen LogP contribution in [0.15, 0.2) is 23.9 Å². The molecule has 0 amide bonds. The van der Waals surface area contributed by atoms with Gasteiger partial charge in [0.2, 0.25) is 5.70 Å². The molecule has 1 aromatic rings. The lowest BCUT2D eigenvalue weighted by Crippen LogP contribution is -1.97. The van der Waals surface area contributed by atoms with Gasteiger partial charge in [-0.1, -0.05) is 13.0 Å². The number of methoxy groups -OCH3 is 1. The molecule has 0 N–H and O–H groups in total. The summed E-state index contributed by atoms with van der Waals surface area (Å²) in [5, 5.41) is 10.7. The highest BCUT2D eigenvalue weighted by atomic mass is 16.6. The van der Waals surface area contributed by atoms with E-state index in [4.69, 9.17) is 4.74 Å². The van der Waals surface area contributed by atoms with Gasteiger partial charge in [-0.15, -0.1) is 0 Å². The second kappa shape index (κ2) is 5.30. The first-order valence-corrected chi connectivity index (χ1v) is 5.08. The number of hydrogen-bond donors (Lipinski definition) is 0. The molecule has 4 heteroatoms. The van der Waals surface area contributed by atoms with Crippen molar-refractivity contribution in [3.8, 4) is 5.75 Å². The van der Waals surface area contributed by atoms with E-state index in [2.05, 4.69) is 0 Å². The fourth-order valence-corrected chi connectivity index (χ4v) is 1.36. The maximum Gasteiger partial charge on any atom is 0.246 e. The van der Waals surface area contributed by atoms with Crippen molar-refractivity contribution < 1.29 is 9.66 Å². The second-order valence-corrected chi connectivity index (χ2v) is 3.47. The van der Waals surface area contributed by atoms with Gasteiger partial charge in [0.25, 0.3) is 0 Å². The molecule has 0 bridgehead atoms. The lowest BCUT2D eigenvalue weighted by molar-refractivity contribution is -0.425. The zero-order valence-electron chi connectivity index (χ0n) is 9.69. The van der Waals surface area contributed by atoms with Crippen LogP contribution in [0.4, 0.5) is 0 Å². The van der Waals surface area contributed by atoms with E-state index in [0.717, 1.165) is 11.1 Å². The Balaban J connectivity index is 3.16. The number of hydrogen-bond acceptors (Lipinski definition) is 3. The van der Waals surface area contributed by atoms with Gasteiger partial charge in [-0.2, -0.15) is 0 Å². The predicted octanol–water partition coefficient (Wildman–Crippen LogP) is 3.03. The molecule has 1 rings (SSSR count). The maximum absolute atomic E-state index is 10.7. The van der Waals surface area contributed by atoms with Gasteiger partial charge in [0, 0.05) is 12.5 Å². The smallest absolute Gasteiger partial charge is 0.246 e. The van der Waals surface area contributed by atoms with Gasteiger partial charge < -0.3 is 4.74 Å². The Kier molecular flexibility index (Phi) is 4.05. The van der Waals surface area contributed by atoms with Crippen LogP contribution in [0.2, 0.25) is 0 Å². The van der Waals surface area contributed by atoms with Crippen LogP contribution in [0.3, 0.4) is 0 Å². The van der Waals surface area contributed by atoms with Crippen molar-refractivity contribution in [2.24, 2.45) is 0 Å². The lowest BCUT2D eigenvalue weighted by Gasteiger charge is -2.04. The largest absolute Gasteiger partial charge is 0.497 e. The average Bonchev–Trinajstić information content (AvgIpc) is 2.27. The average molecular weight is 221 g/mol. The minimum atomic E-state index is -0.348. The Hall–Kier alpha value is -1.84. The molecule has 0 aliphatic carbocycles. The van der Waals surface area contributed by atoms with Gasteiger partial charge in [0.15, 0.2) is 0 Å². The van der Waals surface area contributed by atoms with E-state index < -0.39 is 0 Å². The minimum Gasteiger partial charge on any atom is -0.497 e. The second-order valence-electron chi connectivity index (χ2n) is 3.47. The van der Waals surface area contributed by atoms with Gasteiger partial charge >= 0.3 is 0 Å². The number of benzene rings is 1. The van der Waals surface area contributed by atoms with Gasteiger partial charge in [-0.25, -0.2) is 0 Å². The van der Waals surface area contributed by atoms with Crippen molar-refractivity contribution in [3.63, 3.8) is 0 Å². The summed E-state index contributed by atoms with van der Waals surface area (Å²) in [7, 11) is 1.58. The number of nitrogens with zero attached hydrogens (tertiary/aromatic N) is 1. The third-order valence-corrected chi connectivity index (χ3v) is 2.41. The van der Waals surface area contributed by atoms with Gasteiger partial charge in [0.1, 0.15) is 5.75 Å². The summed E-state index contributed by atoms with van der Waals surface area (Å²) in [6.45, 7) is 3.68. The topological polar surface area (TPSA) is 52.4 Å². The summed E-state index contributed by atoms with van der Waals surface area (Å²) < 4.78 is 5.09. The number of nitro groups is 1. The molecule has 0 atom stereocenters. The van der Waals surface area contributed by atoms with Crippen LogP contribution in [0.25, 0.3) is 6.08 Å². The Morgan fingerprint density at radius 3 is 2.75 bits per heavy atom. The summed E-state index contributed by atoms with van der Waals surface area (Å²) in [6, 6.07) is 5.52. The Morgan fingerprint density at radius 2 is 2.25 bits per heavy atom. The number of aryl methyl sites for hydroxylation is 1. The molecular formula is C12H15NO3. The Labute approximate surface area is 94.7 Å². The zero-order chi connectivity index (χ0) is 12.1. The molecule has 0 spiro atoms. The van der Waals surface area contributed by atoms with Crippen molar-refractivity contribution in [1.29, 1.82) is 0 Å². The number of ether oxygens (including phenoxy) is 1. The van der Waals surface area contributed by atoms with E-state index in [1.165, 1.54) is 0 Å². The monoisotopic (exact) mass is 221 g/mol. The van der Waals surface area contributed by atoms with Crippen molar-refractivity contribution in [2.75, 3.05) is 7.11 Å². The number of allylic oxidation sites excluding steroid dienone is 1. The molecule has 0 heterocycles. The molecule has 0 unspecified atom stereocenters. The zero-order valence-corrected chi connectivity index (χ0v) is 9.69. The Bertz CT molecular complexity index is 424. The maximum atomic E-state index is 10.7. The standard InChI is InChI=1S/C12H15NO3/c1-4-11(13(14)15)7-10-8-12(16-3)6-5-9(10)2/h5-8H,4H2,1-3H3/b11-7+. The van der Waals surface area contributed by atoms with E-state index >= 15 is 0 Å².